The van der Waals surface area contributed by atoms with E-state index in [0.717, 1.165) is 39.2 Å². The van der Waals surface area contributed by atoms with Crippen molar-refractivity contribution in [2.45, 2.75) is 56.2 Å². The molecule has 0 saturated heterocycles. The SMILES string of the molecule is CC(C1CC2CCC1C2)n1c(COc2ccccc2F)nnc1SCc1ccccc1Cl. The Hall–Kier alpha value is -2.05. The van der Waals surface area contributed by atoms with Gasteiger partial charge in [-0.2, -0.15) is 0 Å². The fourth-order valence-corrected chi connectivity index (χ4v) is 6.78. The quantitative estimate of drug-likeness (QED) is 0.333. The van der Waals surface area contributed by atoms with Crippen LogP contribution in [0, 0.1) is 23.6 Å². The molecule has 2 aromatic carbocycles. The van der Waals surface area contributed by atoms with Gasteiger partial charge < -0.3 is 4.74 Å². The van der Waals surface area contributed by atoms with E-state index in [9.17, 15) is 4.39 Å². The van der Waals surface area contributed by atoms with E-state index in [0.29, 0.717) is 5.92 Å². The number of hydrogen-bond acceptors (Lipinski definition) is 4. The largest absolute Gasteiger partial charge is 0.483 e. The molecule has 4 atom stereocenters. The molecule has 5 rings (SSSR count). The number of hydrogen-bond donors (Lipinski definition) is 0. The Kier molecular flexibility index (Phi) is 6.42. The van der Waals surface area contributed by atoms with Crippen molar-refractivity contribution < 1.29 is 9.13 Å². The molecule has 32 heavy (non-hydrogen) atoms. The molecule has 3 aromatic rings. The van der Waals surface area contributed by atoms with E-state index >= 15 is 0 Å². The molecule has 0 spiro atoms. The van der Waals surface area contributed by atoms with Gasteiger partial charge in [0.1, 0.15) is 6.61 Å². The smallest absolute Gasteiger partial charge is 0.191 e. The zero-order valence-electron chi connectivity index (χ0n) is 18.1. The number of ether oxygens (including phenoxy) is 1. The third-order valence-corrected chi connectivity index (χ3v) is 8.42. The third kappa shape index (κ3) is 4.40. The van der Waals surface area contributed by atoms with Gasteiger partial charge in [-0.3, -0.25) is 4.57 Å². The Labute approximate surface area is 197 Å². The summed E-state index contributed by atoms with van der Waals surface area (Å²) < 4.78 is 22.1. The Morgan fingerprint density at radius 2 is 1.94 bits per heavy atom. The molecule has 1 heterocycles. The summed E-state index contributed by atoms with van der Waals surface area (Å²) in [7, 11) is 0. The first-order chi connectivity index (χ1) is 15.6. The van der Waals surface area contributed by atoms with Crippen LogP contribution >= 0.6 is 23.4 Å². The number of thioether (sulfide) groups is 1. The lowest BCUT2D eigenvalue weighted by molar-refractivity contribution is 0.215. The van der Waals surface area contributed by atoms with Crippen molar-refractivity contribution in [3.8, 4) is 5.75 Å². The standard InChI is InChI=1S/C25H27ClFN3OS/c1-16(20-13-17-10-11-18(20)12-17)30-24(14-31-23-9-5-4-8-22(23)27)28-29-25(30)32-15-19-6-2-3-7-21(19)26/h2-9,16-18,20H,10-15H2,1H3. The van der Waals surface area contributed by atoms with E-state index in [4.69, 9.17) is 16.3 Å². The number of fused-ring (bicyclic) bond motifs is 2. The lowest BCUT2D eigenvalue weighted by atomic mass is 9.84. The van der Waals surface area contributed by atoms with E-state index in [1.807, 2.05) is 24.3 Å². The van der Waals surface area contributed by atoms with Crippen molar-refractivity contribution in [3.63, 3.8) is 0 Å². The summed E-state index contributed by atoms with van der Waals surface area (Å²) in [4.78, 5) is 0. The minimum Gasteiger partial charge on any atom is -0.483 e. The van der Waals surface area contributed by atoms with Crippen molar-refractivity contribution in [1.82, 2.24) is 14.8 Å². The average Bonchev–Trinajstić information content (AvgIpc) is 3.53. The Morgan fingerprint density at radius 3 is 2.69 bits per heavy atom. The monoisotopic (exact) mass is 471 g/mol. The molecule has 7 heteroatoms. The molecule has 0 amide bonds. The number of para-hydroxylation sites is 1. The van der Waals surface area contributed by atoms with Crippen LogP contribution in [-0.2, 0) is 12.4 Å². The number of rotatable bonds is 8. The molecule has 168 valence electrons. The maximum atomic E-state index is 14.1. The fourth-order valence-electron chi connectivity index (χ4n) is 5.45. The Morgan fingerprint density at radius 1 is 1.12 bits per heavy atom. The summed E-state index contributed by atoms with van der Waals surface area (Å²) in [5.74, 6) is 3.59. The van der Waals surface area contributed by atoms with Gasteiger partial charge in [0.05, 0.1) is 0 Å². The molecule has 0 N–H and O–H groups in total. The Balaban J connectivity index is 1.39. The number of halogens is 2. The highest BCUT2D eigenvalue weighted by atomic mass is 35.5. The molecule has 2 aliphatic rings. The van der Waals surface area contributed by atoms with Crippen molar-refractivity contribution in [1.29, 1.82) is 0 Å². The van der Waals surface area contributed by atoms with Crippen LogP contribution < -0.4 is 4.74 Å². The first kappa shape index (κ1) is 21.8. The highest BCUT2D eigenvalue weighted by molar-refractivity contribution is 7.98. The molecule has 1 aromatic heterocycles. The Bertz CT molecular complexity index is 1020. The number of aromatic nitrogens is 3. The summed E-state index contributed by atoms with van der Waals surface area (Å²) in [6, 6.07) is 14.6. The van der Waals surface area contributed by atoms with Crippen molar-refractivity contribution >= 4 is 23.4 Å². The average molecular weight is 472 g/mol. The number of nitrogens with zero attached hydrogens (tertiary/aromatic N) is 3. The third-order valence-electron chi connectivity index (χ3n) is 7.06. The van der Waals surface area contributed by atoms with Gasteiger partial charge >= 0.3 is 0 Å². The summed E-state index contributed by atoms with van der Waals surface area (Å²) >= 11 is 8.01. The van der Waals surface area contributed by atoms with Crippen LogP contribution in [0.15, 0.2) is 53.7 Å². The molecule has 2 aliphatic carbocycles. The minimum atomic E-state index is -0.368. The summed E-state index contributed by atoms with van der Waals surface area (Å²) in [5, 5.41) is 10.6. The van der Waals surface area contributed by atoms with Crippen molar-refractivity contribution in [3.05, 3.63) is 70.8 Å². The van der Waals surface area contributed by atoms with Gasteiger partial charge in [-0.1, -0.05) is 60.1 Å². The predicted molar refractivity (Wildman–Crippen MR) is 125 cm³/mol. The van der Waals surface area contributed by atoms with Crippen LogP contribution in [0.1, 0.15) is 50.0 Å². The molecule has 4 nitrogen and oxygen atoms in total. The molecule has 4 unspecified atom stereocenters. The summed E-state index contributed by atoms with van der Waals surface area (Å²) in [6.07, 6.45) is 5.31. The maximum Gasteiger partial charge on any atom is 0.191 e. The first-order valence-corrected chi connectivity index (χ1v) is 12.6. The molecule has 2 fully saturated rings. The molecular formula is C25H27ClFN3OS. The van der Waals surface area contributed by atoms with E-state index < -0.39 is 0 Å². The van der Waals surface area contributed by atoms with Gasteiger partial charge in [0.2, 0.25) is 0 Å². The summed E-state index contributed by atoms with van der Waals surface area (Å²) in [6.45, 7) is 2.46. The first-order valence-electron chi connectivity index (χ1n) is 11.3. The van der Waals surface area contributed by atoms with Crippen LogP contribution in [0.25, 0.3) is 0 Å². The van der Waals surface area contributed by atoms with Crippen LogP contribution in [0.4, 0.5) is 4.39 Å². The maximum absolute atomic E-state index is 14.1. The van der Waals surface area contributed by atoms with Gasteiger partial charge in [-0.15, -0.1) is 10.2 Å². The number of benzene rings is 2. The van der Waals surface area contributed by atoms with Gasteiger partial charge in [-0.25, -0.2) is 4.39 Å². The minimum absolute atomic E-state index is 0.186. The molecule has 2 saturated carbocycles. The van der Waals surface area contributed by atoms with Crippen molar-refractivity contribution in [2.75, 3.05) is 0 Å². The van der Waals surface area contributed by atoms with Crippen LogP contribution in [0.2, 0.25) is 5.02 Å². The van der Waals surface area contributed by atoms with Gasteiger partial charge in [0.15, 0.2) is 22.5 Å². The second-order valence-electron chi connectivity index (χ2n) is 8.95. The van der Waals surface area contributed by atoms with Crippen LogP contribution in [-0.4, -0.2) is 14.8 Å². The zero-order valence-corrected chi connectivity index (χ0v) is 19.7. The predicted octanol–water partition coefficient (Wildman–Crippen LogP) is 6.94. The topological polar surface area (TPSA) is 39.9 Å². The van der Waals surface area contributed by atoms with Crippen molar-refractivity contribution in [2.24, 2.45) is 17.8 Å². The van der Waals surface area contributed by atoms with E-state index in [2.05, 4.69) is 21.7 Å². The van der Waals surface area contributed by atoms with Gasteiger partial charge in [0.25, 0.3) is 0 Å². The molecule has 0 radical (unpaired) electrons. The van der Waals surface area contributed by atoms with E-state index in [1.165, 1.54) is 31.7 Å². The molecule has 0 aliphatic heterocycles. The highest BCUT2D eigenvalue weighted by Gasteiger charge is 2.43. The van der Waals surface area contributed by atoms with E-state index in [1.54, 1.807) is 30.0 Å². The van der Waals surface area contributed by atoms with Gasteiger partial charge in [0, 0.05) is 16.8 Å². The van der Waals surface area contributed by atoms with Gasteiger partial charge in [-0.05, 0) is 67.7 Å². The van der Waals surface area contributed by atoms with Crippen LogP contribution in [0.5, 0.6) is 5.75 Å². The molecule has 2 bridgehead atoms. The second kappa shape index (κ2) is 9.44. The van der Waals surface area contributed by atoms with Crippen LogP contribution in [0.3, 0.4) is 0 Å². The second-order valence-corrected chi connectivity index (χ2v) is 10.3. The lowest BCUT2D eigenvalue weighted by Crippen LogP contribution is -2.24. The lowest BCUT2D eigenvalue weighted by Gasteiger charge is -2.30. The van der Waals surface area contributed by atoms with E-state index in [-0.39, 0.29) is 24.2 Å². The normalized spacial score (nSPS) is 22.9. The highest BCUT2D eigenvalue weighted by Crippen LogP contribution is 2.52. The fraction of sp³-hybridized carbons (Fsp3) is 0.440. The zero-order chi connectivity index (χ0) is 22.1. The molecular weight excluding hydrogens is 445 g/mol. The summed E-state index contributed by atoms with van der Waals surface area (Å²) in [5.41, 5.74) is 1.07.